The first-order valence-electron chi connectivity index (χ1n) is 19.9. The highest BCUT2D eigenvalue weighted by atomic mass is 15.0. The molecule has 272 valence electrons. The van der Waals surface area contributed by atoms with Crippen molar-refractivity contribution in [2.45, 2.75) is 25.7 Å². The summed E-state index contributed by atoms with van der Waals surface area (Å²) >= 11 is 0. The maximum Gasteiger partial charge on any atom is 0.0574 e. The molecular formula is C53H40N4. The highest BCUT2D eigenvalue weighted by Gasteiger charge is 2.27. The molecule has 2 heterocycles. The maximum atomic E-state index is 6.90. The van der Waals surface area contributed by atoms with Gasteiger partial charge in [-0.3, -0.25) is 4.99 Å². The van der Waals surface area contributed by atoms with E-state index in [1.54, 1.807) is 0 Å². The molecule has 1 unspecified atom stereocenters. The summed E-state index contributed by atoms with van der Waals surface area (Å²) in [5, 5.41) is 3.80. The van der Waals surface area contributed by atoms with Gasteiger partial charge in [-0.25, -0.2) is 0 Å². The second-order valence-corrected chi connectivity index (χ2v) is 15.3. The molecule has 0 saturated carbocycles. The van der Waals surface area contributed by atoms with Crippen LogP contribution in [0.2, 0.25) is 0 Å². The summed E-state index contributed by atoms with van der Waals surface area (Å²) in [6.45, 7) is 2.24. The fraction of sp³-hybridized carbons (Fsp3) is 0.0755. The molecule has 4 heteroatoms. The lowest BCUT2D eigenvalue weighted by Crippen LogP contribution is -2.18. The third kappa shape index (κ3) is 5.32. The predicted molar refractivity (Wildman–Crippen MR) is 239 cm³/mol. The molecule has 9 aromatic rings. The molecule has 0 saturated heterocycles. The first kappa shape index (κ1) is 33.2. The summed E-state index contributed by atoms with van der Waals surface area (Å²) in [7, 11) is 0. The monoisotopic (exact) mass is 732 g/mol. The molecule has 2 aromatic heterocycles. The van der Waals surface area contributed by atoms with E-state index in [0.29, 0.717) is 5.70 Å². The topological polar surface area (TPSA) is 48.2 Å². The second kappa shape index (κ2) is 13.2. The Bertz CT molecular complexity index is 3150. The minimum Gasteiger partial charge on any atom is -0.397 e. The van der Waals surface area contributed by atoms with Gasteiger partial charge in [-0.1, -0.05) is 128 Å². The summed E-state index contributed by atoms with van der Waals surface area (Å²) in [5.41, 5.74) is 25.3. The lowest BCUT2D eigenvalue weighted by Gasteiger charge is -2.26. The Morgan fingerprint density at radius 1 is 0.596 bits per heavy atom. The molecule has 4 nitrogen and oxygen atoms in total. The second-order valence-electron chi connectivity index (χ2n) is 15.3. The minimum absolute atomic E-state index is 0.147. The molecule has 7 aromatic carbocycles. The molecule has 2 aliphatic carbocycles. The van der Waals surface area contributed by atoms with Gasteiger partial charge < -0.3 is 14.9 Å². The minimum atomic E-state index is 0.147. The van der Waals surface area contributed by atoms with Crippen LogP contribution in [0.15, 0.2) is 181 Å². The summed E-state index contributed by atoms with van der Waals surface area (Å²) in [6, 6.07) is 59.1. The fourth-order valence-electron chi connectivity index (χ4n) is 9.36. The van der Waals surface area contributed by atoms with Crippen LogP contribution in [0.3, 0.4) is 0 Å². The predicted octanol–water partition coefficient (Wildman–Crippen LogP) is 12.9. The van der Waals surface area contributed by atoms with Gasteiger partial charge in [-0.15, -0.1) is 0 Å². The van der Waals surface area contributed by atoms with Gasteiger partial charge in [0.25, 0.3) is 0 Å². The van der Waals surface area contributed by atoms with Gasteiger partial charge >= 0.3 is 0 Å². The number of hydrogen-bond donors (Lipinski definition) is 1. The highest BCUT2D eigenvalue weighted by Crippen LogP contribution is 2.41. The number of nitrogens with zero attached hydrogens (tertiary/aromatic N) is 3. The zero-order valence-corrected chi connectivity index (χ0v) is 31.7. The van der Waals surface area contributed by atoms with E-state index >= 15 is 0 Å². The highest BCUT2D eigenvalue weighted by molar-refractivity contribution is 6.13. The van der Waals surface area contributed by atoms with E-state index in [9.17, 15) is 0 Å². The number of benzene rings is 7. The molecule has 0 amide bonds. The number of aryl methyl sites for hydroxylation is 1. The van der Waals surface area contributed by atoms with E-state index in [0.717, 1.165) is 35.4 Å². The fourth-order valence-corrected chi connectivity index (χ4v) is 9.36. The van der Waals surface area contributed by atoms with Crippen molar-refractivity contribution in [3.63, 3.8) is 0 Å². The Balaban J connectivity index is 1.01. The molecule has 0 aliphatic heterocycles. The number of fused-ring (bicyclic) bond motifs is 9. The van der Waals surface area contributed by atoms with Crippen molar-refractivity contribution in [3.8, 4) is 33.6 Å². The summed E-state index contributed by atoms with van der Waals surface area (Å²) in [5.74, 6) is 0.147. The number of nitrogens with two attached hydrogens (primary N) is 1. The Morgan fingerprint density at radius 3 is 2.21 bits per heavy atom. The SMILES string of the molecule is CC1C(=N/C=C(\N)c2cccc(-n3c4c(c5ccc(-c6ccc7c(c6)c6ccccc6n7-c6ccccc6)cc53)CCC=C4)c2)c2ccccc2-c2ccccc21. The van der Waals surface area contributed by atoms with Gasteiger partial charge in [0.05, 0.1) is 34.2 Å². The van der Waals surface area contributed by atoms with E-state index < -0.39 is 0 Å². The van der Waals surface area contributed by atoms with E-state index in [4.69, 9.17) is 10.7 Å². The lowest BCUT2D eigenvalue weighted by atomic mass is 9.78. The van der Waals surface area contributed by atoms with Gasteiger partial charge in [0.15, 0.2) is 0 Å². The third-order valence-corrected chi connectivity index (χ3v) is 12.1. The van der Waals surface area contributed by atoms with Crippen molar-refractivity contribution in [2.24, 2.45) is 10.7 Å². The van der Waals surface area contributed by atoms with Crippen LogP contribution in [0.4, 0.5) is 0 Å². The zero-order chi connectivity index (χ0) is 38.0. The molecule has 11 rings (SSSR count). The normalized spacial score (nSPS) is 15.6. The summed E-state index contributed by atoms with van der Waals surface area (Å²) < 4.78 is 4.79. The van der Waals surface area contributed by atoms with E-state index in [-0.39, 0.29) is 5.92 Å². The smallest absolute Gasteiger partial charge is 0.0574 e. The quantitative estimate of drug-likeness (QED) is 0.188. The molecule has 0 radical (unpaired) electrons. The first-order valence-corrected chi connectivity index (χ1v) is 19.9. The number of aliphatic imine (C=N–C) groups is 1. The average Bonchev–Trinajstić information content (AvgIpc) is 3.79. The summed E-state index contributed by atoms with van der Waals surface area (Å²) in [6.07, 6.45) is 8.49. The zero-order valence-electron chi connectivity index (χ0n) is 31.7. The number of allylic oxidation sites excluding steroid dienone is 1. The van der Waals surface area contributed by atoms with Crippen molar-refractivity contribution in [2.75, 3.05) is 0 Å². The molecule has 1 atom stereocenters. The molecule has 2 N–H and O–H groups in total. The summed E-state index contributed by atoms with van der Waals surface area (Å²) in [4.78, 5) is 5.11. The van der Waals surface area contributed by atoms with Crippen LogP contribution >= 0.6 is 0 Å². The van der Waals surface area contributed by atoms with Gasteiger partial charge in [0.2, 0.25) is 0 Å². The first-order chi connectivity index (χ1) is 28.1. The largest absolute Gasteiger partial charge is 0.397 e. The molecule has 2 aliphatic rings. The Hall–Kier alpha value is -7.17. The van der Waals surface area contributed by atoms with Crippen LogP contribution in [0.25, 0.3) is 78.1 Å². The van der Waals surface area contributed by atoms with Crippen molar-refractivity contribution in [3.05, 3.63) is 204 Å². The molecule has 0 spiro atoms. The van der Waals surface area contributed by atoms with Crippen molar-refractivity contribution >= 4 is 50.2 Å². The van der Waals surface area contributed by atoms with Gasteiger partial charge in [0, 0.05) is 50.3 Å². The van der Waals surface area contributed by atoms with Gasteiger partial charge in [-0.05, 0) is 101 Å². The number of para-hydroxylation sites is 2. The third-order valence-electron chi connectivity index (χ3n) is 12.1. The van der Waals surface area contributed by atoms with Crippen molar-refractivity contribution in [1.82, 2.24) is 9.13 Å². The molecule has 0 fully saturated rings. The lowest BCUT2D eigenvalue weighted by molar-refractivity contribution is 0.967. The van der Waals surface area contributed by atoms with Crippen LogP contribution in [-0.4, -0.2) is 14.8 Å². The molecule has 57 heavy (non-hydrogen) atoms. The Morgan fingerprint density at radius 2 is 1.32 bits per heavy atom. The average molecular weight is 733 g/mol. The molecule has 0 bridgehead atoms. The standard InChI is InChI=1S/C53H40N4/c1-34-40-18-5-6-19-41(40)42-20-7-8-23-46(42)53(34)55-33-48(54)37-14-13-17-39(30-37)57-49-24-11-9-21-43(49)45-28-26-36(32-52(45)57)35-27-29-51-47(31-35)44-22-10-12-25-50(44)56(51)38-15-3-2-4-16-38/h2-8,10-20,22-34H,9,21,54H2,1H3/b48-33-,55-53?. The Kier molecular flexibility index (Phi) is 7.71. The Labute approximate surface area is 332 Å². The van der Waals surface area contributed by atoms with E-state index in [2.05, 4.69) is 192 Å². The van der Waals surface area contributed by atoms with Crippen molar-refractivity contribution in [1.29, 1.82) is 0 Å². The van der Waals surface area contributed by atoms with E-state index in [1.807, 2.05) is 6.20 Å². The van der Waals surface area contributed by atoms with Crippen LogP contribution in [0.5, 0.6) is 0 Å². The van der Waals surface area contributed by atoms with Crippen LogP contribution < -0.4 is 5.73 Å². The number of aromatic nitrogens is 2. The van der Waals surface area contributed by atoms with Crippen LogP contribution in [0.1, 0.15) is 47.2 Å². The van der Waals surface area contributed by atoms with Crippen LogP contribution in [0, 0.1) is 0 Å². The molecular weight excluding hydrogens is 693 g/mol. The van der Waals surface area contributed by atoms with E-state index in [1.165, 1.54) is 77.5 Å². The number of hydrogen-bond acceptors (Lipinski definition) is 2. The van der Waals surface area contributed by atoms with Gasteiger partial charge in [-0.2, -0.15) is 0 Å². The maximum absolute atomic E-state index is 6.90. The number of rotatable bonds is 5. The van der Waals surface area contributed by atoms with Gasteiger partial charge in [0.1, 0.15) is 0 Å². The van der Waals surface area contributed by atoms with Crippen LogP contribution in [-0.2, 0) is 6.42 Å². The van der Waals surface area contributed by atoms with Crippen molar-refractivity contribution < 1.29 is 0 Å².